The maximum atomic E-state index is 12.4. The smallest absolute Gasteiger partial charge is 0.349 e. The van der Waals surface area contributed by atoms with E-state index in [1.54, 1.807) is 24.3 Å². The average molecular weight is 337 g/mol. The molecule has 0 unspecified atom stereocenters. The minimum atomic E-state index is -0.573. The second kappa shape index (κ2) is 7.17. The molecule has 1 heterocycles. The number of ether oxygens (including phenoxy) is 1. The summed E-state index contributed by atoms with van der Waals surface area (Å²) < 4.78 is 6.54. The minimum absolute atomic E-state index is 0.147. The molecule has 3 rings (SSSR count). The molecule has 0 saturated heterocycles. The Morgan fingerprint density at radius 3 is 2.60 bits per heavy atom. The van der Waals surface area contributed by atoms with Crippen LogP contribution in [0.15, 0.2) is 63.2 Å². The number of H-pyrrole nitrogens is 1. The Bertz CT molecular complexity index is 1020. The fourth-order valence-electron chi connectivity index (χ4n) is 2.33. The highest BCUT2D eigenvalue weighted by molar-refractivity contribution is 5.80. The number of para-hydroxylation sites is 1. The summed E-state index contributed by atoms with van der Waals surface area (Å²) in [6, 6.07) is 14.1. The zero-order valence-corrected chi connectivity index (χ0v) is 14.1. The highest BCUT2D eigenvalue weighted by Crippen LogP contribution is 2.14. The van der Waals surface area contributed by atoms with E-state index >= 15 is 0 Å². The van der Waals surface area contributed by atoms with Crippen LogP contribution in [-0.2, 0) is 0 Å². The van der Waals surface area contributed by atoms with E-state index in [0.717, 1.165) is 22.4 Å². The van der Waals surface area contributed by atoms with Crippen LogP contribution < -0.4 is 16.0 Å². The Morgan fingerprint density at radius 1 is 1.16 bits per heavy atom. The van der Waals surface area contributed by atoms with Gasteiger partial charge in [-0.3, -0.25) is 4.79 Å². The van der Waals surface area contributed by atoms with Crippen LogP contribution >= 0.6 is 0 Å². The van der Waals surface area contributed by atoms with Crippen molar-refractivity contribution in [1.29, 1.82) is 0 Å². The van der Waals surface area contributed by atoms with Crippen molar-refractivity contribution >= 4 is 17.1 Å². The Morgan fingerprint density at radius 2 is 1.88 bits per heavy atom. The van der Waals surface area contributed by atoms with Crippen LogP contribution in [0.5, 0.6) is 5.75 Å². The summed E-state index contributed by atoms with van der Waals surface area (Å²) in [4.78, 5) is 27.1. The number of benzene rings is 2. The van der Waals surface area contributed by atoms with E-state index in [1.807, 2.05) is 31.2 Å². The number of aromatic nitrogens is 2. The number of rotatable bonds is 5. The predicted molar refractivity (Wildman–Crippen MR) is 98.6 cm³/mol. The minimum Gasteiger partial charge on any atom is -0.491 e. The van der Waals surface area contributed by atoms with Crippen LogP contribution in [0, 0.1) is 0 Å². The molecule has 1 N–H and O–H groups in total. The molecule has 3 aromatic rings. The largest absolute Gasteiger partial charge is 0.491 e. The summed E-state index contributed by atoms with van der Waals surface area (Å²) in [7, 11) is 0. The van der Waals surface area contributed by atoms with E-state index in [0.29, 0.717) is 10.9 Å². The highest BCUT2D eigenvalue weighted by Gasteiger charge is 2.05. The standard InChI is InChI=1S/C19H19N3O3/c1-3-13(2)25-15-10-8-14(9-11-15)12-20-22-18(23)16-6-4-5-7-17(16)21-19(22)24/h4-13H,3H2,1-2H3,(H,21,24)/t13-/m0/s1. The lowest BCUT2D eigenvalue weighted by Gasteiger charge is -2.12. The molecule has 0 spiro atoms. The number of aromatic amines is 1. The molecule has 0 bridgehead atoms. The third kappa shape index (κ3) is 3.68. The molecule has 0 aliphatic heterocycles. The highest BCUT2D eigenvalue weighted by atomic mass is 16.5. The maximum Gasteiger partial charge on any atom is 0.349 e. The van der Waals surface area contributed by atoms with Crippen LogP contribution in [0.4, 0.5) is 0 Å². The fraction of sp³-hybridized carbons (Fsp3) is 0.211. The van der Waals surface area contributed by atoms with Crippen molar-refractivity contribution < 1.29 is 4.74 Å². The lowest BCUT2D eigenvalue weighted by Crippen LogP contribution is -2.32. The molecule has 0 radical (unpaired) electrons. The van der Waals surface area contributed by atoms with E-state index in [-0.39, 0.29) is 6.10 Å². The maximum absolute atomic E-state index is 12.4. The van der Waals surface area contributed by atoms with Crippen LogP contribution in [0.1, 0.15) is 25.8 Å². The summed E-state index contributed by atoms with van der Waals surface area (Å²) in [5.41, 5.74) is 0.232. The molecule has 0 saturated carbocycles. The van der Waals surface area contributed by atoms with Gasteiger partial charge in [0.1, 0.15) is 5.75 Å². The summed E-state index contributed by atoms with van der Waals surface area (Å²) in [5.74, 6) is 0.771. The molecule has 0 amide bonds. The first-order valence-corrected chi connectivity index (χ1v) is 8.13. The summed E-state index contributed by atoms with van der Waals surface area (Å²) in [6.45, 7) is 4.07. The van der Waals surface area contributed by atoms with Crippen molar-refractivity contribution in [2.75, 3.05) is 0 Å². The fourth-order valence-corrected chi connectivity index (χ4v) is 2.33. The van der Waals surface area contributed by atoms with Gasteiger partial charge in [0.05, 0.1) is 23.2 Å². The molecule has 128 valence electrons. The zero-order valence-electron chi connectivity index (χ0n) is 14.1. The third-order valence-electron chi connectivity index (χ3n) is 3.90. The SMILES string of the molecule is CC[C@H](C)Oc1ccc(C=Nn2c(=O)[nH]c3ccccc3c2=O)cc1. The Hall–Kier alpha value is -3.15. The van der Waals surface area contributed by atoms with Crippen molar-refractivity contribution in [1.82, 2.24) is 9.66 Å². The monoisotopic (exact) mass is 337 g/mol. The molecule has 0 aliphatic rings. The molecule has 25 heavy (non-hydrogen) atoms. The van der Waals surface area contributed by atoms with Crippen LogP contribution in [0.3, 0.4) is 0 Å². The van der Waals surface area contributed by atoms with E-state index in [9.17, 15) is 9.59 Å². The van der Waals surface area contributed by atoms with Gasteiger partial charge in [-0.25, -0.2) is 4.79 Å². The quantitative estimate of drug-likeness (QED) is 0.727. The lowest BCUT2D eigenvalue weighted by atomic mass is 10.2. The molecule has 2 aromatic carbocycles. The molecule has 0 fully saturated rings. The molecule has 1 atom stereocenters. The van der Waals surface area contributed by atoms with Gasteiger partial charge in [-0.2, -0.15) is 5.10 Å². The molecule has 6 heteroatoms. The van der Waals surface area contributed by atoms with Gasteiger partial charge >= 0.3 is 5.69 Å². The molecule has 0 aliphatic carbocycles. The molecular weight excluding hydrogens is 318 g/mol. The van der Waals surface area contributed by atoms with E-state index in [2.05, 4.69) is 17.0 Å². The number of nitrogens with zero attached hydrogens (tertiary/aromatic N) is 2. The normalized spacial score (nSPS) is 12.6. The first kappa shape index (κ1) is 16.7. The number of hydrogen-bond donors (Lipinski definition) is 1. The number of nitrogens with one attached hydrogen (secondary N) is 1. The summed E-state index contributed by atoms with van der Waals surface area (Å²) in [5, 5.41) is 4.44. The second-order valence-electron chi connectivity index (χ2n) is 5.74. The first-order valence-electron chi connectivity index (χ1n) is 8.13. The van der Waals surface area contributed by atoms with Crippen molar-refractivity contribution in [3.63, 3.8) is 0 Å². The molecule has 6 nitrogen and oxygen atoms in total. The van der Waals surface area contributed by atoms with Crippen molar-refractivity contribution in [2.24, 2.45) is 5.10 Å². The predicted octanol–water partition coefficient (Wildman–Crippen LogP) is 2.75. The van der Waals surface area contributed by atoms with Gasteiger partial charge in [0.25, 0.3) is 5.56 Å². The average Bonchev–Trinajstić information content (AvgIpc) is 2.62. The van der Waals surface area contributed by atoms with Gasteiger partial charge in [0.2, 0.25) is 0 Å². The van der Waals surface area contributed by atoms with E-state index in [4.69, 9.17) is 4.74 Å². The Balaban J connectivity index is 1.88. The Kier molecular flexibility index (Phi) is 4.79. The summed E-state index contributed by atoms with van der Waals surface area (Å²) in [6.07, 6.45) is 2.55. The van der Waals surface area contributed by atoms with Gasteiger partial charge in [-0.1, -0.05) is 19.1 Å². The molecule has 1 aromatic heterocycles. The molecular formula is C19H19N3O3. The van der Waals surface area contributed by atoms with Crippen molar-refractivity contribution in [3.8, 4) is 5.75 Å². The third-order valence-corrected chi connectivity index (χ3v) is 3.90. The van der Waals surface area contributed by atoms with Crippen LogP contribution in [-0.4, -0.2) is 22.0 Å². The number of hydrogen-bond acceptors (Lipinski definition) is 4. The van der Waals surface area contributed by atoms with E-state index < -0.39 is 11.2 Å². The van der Waals surface area contributed by atoms with Gasteiger partial charge < -0.3 is 9.72 Å². The van der Waals surface area contributed by atoms with Gasteiger partial charge in [0.15, 0.2) is 0 Å². The van der Waals surface area contributed by atoms with Gasteiger partial charge in [-0.05, 0) is 55.3 Å². The van der Waals surface area contributed by atoms with E-state index in [1.165, 1.54) is 6.21 Å². The van der Waals surface area contributed by atoms with Crippen molar-refractivity contribution in [2.45, 2.75) is 26.4 Å². The lowest BCUT2D eigenvalue weighted by molar-refractivity contribution is 0.217. The Labute approximate surface area is 144 Å². The first-order chi connectivity index (χ1) is 12.1. The second-order valence-corrected chi connectivity index (χ2v) is 5.74. The van der Waals surface area contributed by atoms with Gasteiger partial charge in [0, 0.05) is 0 Å². The summed E-state index contributed by atoms with van der Waals surface area (Å²) >= 11 is 0. The number of fused-ring (bicyclic) bond motifs is 1. The topological polar surface area (TPSA) is 76.5 Å². The van der Waals surface area contributed by atoms with Crippen molar-refractivity contribution in [3.05, 3.63) is 74.9 Å². The van der Waals surface area contributed by atoms with Crippen LogP contribution in [0.2, 0.25) is 0 Å². The van der Waals surface area contributed by atoms with Crippen LogP contribution in [0.25, 0.3) is 10.9 Å². The van der Waals surface area contributed by atoms with Gasteiger partial charge in [-0.15, -0.1) is 4.68 Å². The zero-order chi connectivity index (χ0) is 17.8.